The van der Waals surface area contributed by atoms with Crippen molar-refractivity contribution in [2.45, 2.75) is 10.6 Å². The van der Waals surface area contributed by atoms with Crippen LogP contribution in [0.15, 0.2) is 47.4 Å². The van der Waals surface area contributed by atoms with Gasteiger partial charge in [-0.05, 0) is 24.3 Å². The largest absolute Gasteiger partial charge is 0.223 e. The smallest absolute Gasteiger partial charge is 0.182 e. The summed E-state index contributed by atoms with van der Waals surface area (Å²) in [5.41, 5.74) is -0.288. The molecule has 0 N–H and O–H groups in total. The quantitative estimate of drug-likeness (QED) is 0.869. The van der Waals surface area contributed by atoms with Crippen molar-refractivity contribution in [2.75, 3.05) is 0 Å². The number of sulfone groups is 1. The Balaban J connectivity index is 2.39. The van der Waals surface area contributed by atoms with E-state index in [0.29, 0.717) is 0 Å². The zero-order valence-corrected chi connectivity index (χ0v) is 10.4. The molecule has 0 amide bonds. The van der Waals surface area contributed by atoms with Crippen molar-refractivity contribution in [3.8, 4) is 0 Å². The third kappa shape index (κ3) is 2.96. The van der Waals surface area contributed by atoms with Gasteiger partial charge in [-0.15, -0.1) is 0 Å². The zero-order chi connectivity index (χ0) is 14.0. The Labute approximate surface area is 108 Å². The molecule has 0 heterocycles. The van der Waals surface area contributed by atoms with Gasteiger partial charge >= 0.3 is 0 Å². The van der Waals surface area contributed by atoms with Crippen LogP contribution in [0.25, 0.3) is 0 Å². The highest BCUT2D eigenvalue weighted by atomic mass is 32.2. The van der Waals surface area contributed by atoms with Gasteiger partial charge in [-0.2, -0.15) is 0 Å². The molecule has 6 heteroatoms. The Bertz CT molecular complexity index is 712. The predicted octanol–water partition coefficient (Wildman–Crippen LogP) is 3.08. The van der Waals surface area contributed by atoms with Crippen molar-refractivity contribution < 1.29 is 21.6 Å². The van der Waals surface area contributed by atoms with E-state index in [4.69, 9.17) is 0 Å². The molecule has 0 unspecified atom stereocenters. The molecule has 2 aromatic carbocycles. The first kappa shape index (κ1) is 13.6. The minimum absolute atomic E-state index is 0.267. The first-order valence-electron chi connectivity index (χ1n) is 5.31. The van der Waals surface area contributed by atoms with Gasteiger partial charge in [0, 0.05) is 5.56 Å². The highest BCUT2D eigenvalue weighted by Crippen LogP contribution is 2.20. The van der Waals surface area contributed by atoms with Gasteiger partial charge in [-0.1, -0.05) is 18.2 Å². The third-order valence-electron chi connectivity index (χ3n) is 2.53. The second-order valence-electron chi connectivity index (χ2n) is 3.93. The molecule has 0 aliphatic carbocycles. The van der Waals surface area contributed by atoms with Crippen LogP contribution in [-0.4, -0.2) is 8.42 Å². The molecule has 0 aromatic heterocycles. The van der Waals surface area contributed by atoms with Crippen LogP contribution in [0.4, 0.5) is 13.2 Å². The van der Waals surface area contributed by atoms with Crippen molar-refractivity contribution >= 4 is 9.84 Å². The van der Waals surface area contributed by atoms with E-state index in [1.165, 1.54) is 24.3 Å². The Morgan fingerprint density at radius 3 is 2.32 bits per heavy atom. The number of rotatable bonds is 3. The maximum Gasteiger partial charge on any atom is 0.182 e. The maximum absolute atomic E-state index is 13.4. The summed E-state index contributed by atoms with van der Waals surface area (Å²) < 4.78 is 63.3. The van der Waals surface area contributed by atoms with Gasteiger partial charge in [-0.3, -0.25) is 0 Å². The molecule has 0 fully saturated rings. The van der Waals surface area contributed by atoms with Crippen LogP contribution in [-0.2, 0) is 15.6 Å². The van der Waals surface area contributed by atoms with E-state index in [-0.39, 0.29) is 10.5 Å². The third-order valence-corrected chi connectivity index (χ3v) is 4.20. The molecule has 0 saturated heterocycles. The minimum atomic E-state index is -3.92. The van der Waals surface area contributed by atoms with E-state index in [1.807, 2.05) is 0 Å². The van der Waals surface area contributed by atoms with Crippen molar-refractivity contribution in [2.24, 2.45) is 0 Å². The highest BCUT2D eigenvalue weighted by Gasteiger charge is 2.19. The lowest BCUT2D eigenvalue weighted by Gasteiger charge is -2.06. The van der Waals surface area contributed by atoms with Crippen molar-refractivity contribution in [1.29, 1.82) is 0 Å². The Morgan fingerprint density at radius 1 is 0.947 bits per heavy atom. The number of halogens is 3. The second-order valence-corrected chi connectivity index (χ2v) is 5.92. The zero-order valence-electron chi connectivity index (χ0n) is 9.61. The lowest BCUT2D eigenvalue weighted by molar-refractivity contribution is 0.501. The molecule has 0 bridgehead atoms. The van der Waals surface area contributed by atoms with Gasteiger partial charge in [0.2, 0.25) is 0 Å². The van der Waals surface area contributed by atoms with Gasteiger partial charge < -0.3 is 0 Å². The summed E-state index contributed by atoms with van der Waals surface area (Å²) in [6.45, 7) is 0. The van der Waals surface area contributed by atoms with E-state index >= 15 is 0 Å². The van der Waals surface area contributed by atoms with Crippen LogP contribution < -0.4 is 0 Å². The fraction of sp³-hybridized carbons (Fsp3) is 0.0769. The van der Waals surface area contributed by atoms with E-state index in [9.17, 15) is 21.6 Å². The van der Waals surface area contributed by atoms with Gasteiger partial charge in [0.1, 0.15) is 5.82 Å². The van der Waals surface area contributed by atoms with Gasteiger partial charge in [0.25, 0.3) is 0 Å². The molecule has 0 radical (unpaired) electrons. The van der Waals surface area contributed by atoms with Gasteiger partial charge in [0.15, 0.2) is 21.5 Å². The molecule has 19 heavy (non-hydrogen) atoms. The van der Waals surface area contributed by atoms with E-state index in [0.717, 1.165) is 18.2 Å². The normalized spacial score (nSPS) is 11.5. The SMILES string of the molecule is O=S(=O)(Cc1cccc(F)c1F)c1cccc(F)c1. The average molecular weight is 286 g/mol. The van der Waals surface area contributed by atoms with Gasteiger partial charge in [-0.25, -0.2) is 21.6 Å². The van der Waals surface area contributed by atoms with Crippen LogP contribution in [0.1, 0.15) is 5.56 Å². The van der Waals surface area contributed by atoms with Crippen LogP contribution >= 0.6 is 0 Å². The highest BCUT2D eigenvalue weighted by molar-refractivity contribution is 7.90. The Kier molecular flexibility index (Phi) is 3.61. The summed E-state index contributed by atoms with van der Waals surface area (Å²) >= 11 is 0. The summed E-state index contributed by atoms with van der Waals surface area (Å²) in [6.07, 6.45) is 0. The molecule has 0 saturated carbocycles. The van der Waals surface area contributed by atoms with Crippen LogP contribution in [0, 0.1) is 17.5 Å². The summed E-state index contributed by atoms with van der Waals surface area (Å²) in [7, 11) is -3.92. The van der Waals surface area contributed by atoms with Crippen molar-refractivity contribution in [1.82, 2.24) is 0 Å². The molecule has 0 atom stereocenters. The first-order valence-corrected chi connectivity index (χ1v) is 6.96. The summed E-state index contributed by atoms with van der Waals surface area (Å²) in [4.78, 5) is -0.267. The summed E-state index contributed by atoms with van der Waals surface area (Å²) in [5, 5.41) is 0. The van der Waals surface area contributed by atoms with Crippen molar-refractivity contribution in [3.63, 3.8) is 0 Å². The van der Waals surface area contributed by atoms with E-state index < -0.39 is 33.0 Å². The van der Waals surface area contributed by atoms with Gasteiger partial charge in [0.05, 0.1) is 10.6 Å². The van der Waals surface area contributed by atoms with Crippen LogP contribution in [0.5, 0.6) is 0 Å². The Morgan fingerprint density at radius 2 is 1.63 bits per heavy atom. The molecule has 2 nitrogen and oxygen atoms in total. The molecule has 0 spiro atoms. The molecular weight excluding hydrogens is 277 g/mol. The lowest BCUT2D eigenvalue weighted by atomic mass is 10.2. The summed E-state index contributed by atoms with van der Waals surface area (Å²) in [5.74, 6) is -3.75. The standard InChI is InChI=1S/C13H9F3O2S/c14-10-4-2-5-11(7-10)19(17,18)8-9-3-1-6-12(15)13(9)16/h1-7H,8H2. The molecule has 100 valence electrons. The minimum Gasteiger partial charge on any atom is -0.223 e. The topological polar surface area (TPSA) is 34.1 Å². The number of hydrogen-bond acceptors (Lipinski definition) is 2. The van der Waals surface area contributed by atoms with E-state index in [2.05, 4.69) is 0 Å². The average Bonchev–Trinajstić information content (AvgIpc) is 2.35. The molecule has 2 aromatic rings. The predicted molar refractivity (Wildman–Crippen MR) is 63.6 cm³/mol. The molecular formula is C13H9F3O2S. The lowest BCUT2D eigenvalue weighted by Crippen LogP contribution is -2.07. The summed E-state index contributed by atoms with van der Waals surface area (Å²) in [6, 6.07) is 7.67. The molecule has 0 aliphatic heterocycles. The molecule has 0 aliphatic rings. The number of hydrogen-bond donors (Lipinski definition) is 0. The first-order chi connectivity index (χ1) is 8.90. The van der Waals surface area contributed by atoms with Crippen molar-refractivity contribution in [3.05, 3.63) is 65.5 Å². The fourth-order valence-corrected chi connectivity index (χ4v) is 2.99. The molecule has 2 rings (SSSR count). The maximum atomic E-state index is 13.4. The van der Waals surface area contributed by atoms with Crippen LogP contribution in [0.3, 0.4) is 0 Å². The second kappa shape index (κ2) is 5.05. The monoisotopic (exact) mass is 286 g/mol. The Hall–Kier alpha value is -1.82. The van der Waals surface area contributed by atoms with Crippen LogP contribution in [0.2, 0.25) is 0 Å². The van der Waals surface area contributed by atoms with E-state index in [1.54, 1.807) is 0 Å². The fourth-order valence-electron chi connectivity index (χ4n) is 1.61. The number of benzene rings is 2.